The molecule has 0 bridgehead atoms. The Morgan fingerprint density at radius 2 is 2.08 bits per heavy atom. The predicted molar refractivity (Wildman–Crippen MR) is 95.8 cm³/mol. The second-order valence-electron chi connectivity index (χ2n) is 5.69. The quantitative estimate of drug-likeness (QED) is 0.567. The number of nitrogens with one attached hydrogen (secondary N) is 1. The fraction of sp³-hybridized carbons (Fsp3) is 0.176. The highest BCUT2D eigenvalue weighted by molar-refractivity contribution is 7.99. The van der Waals surface area contributed by atoms with Crippen LogP contribution in [0.4, 0.5) is 5.88 Å². The number of carbonyl (C=O) groups is 1. The van der Waals surface area contributed by atoms with Gasteiger partial charge in [-0.2, -0.15) is 0 Å². The van der Waals surface area contributed by atoms with Crippen LogP contribution in [0.3, 0.4) is 0 Å². The molecule has 8 heteroatoms. The Hall–Kier alpha value is -2.87. The molecule has 1 amide bonds. The lowest BCUT2D eigenvalue weighted by Gasteiger charge is -2.07. The third-order valence-electron chi connectivity index (χ3n) is 3.80. The zero-order valence-corrected chi connectivity index (χ0v) is 14.5. The normalized spacial score (nSPS) is 11.3. The van der Waals surface area contributed by atoms with Crippen molar-refractivity contribution in [3.05, 3.63) is 47.7 Å². The van der Waals surface area contributed by atoms with Gasteiger partial charge < -0.3 is 4.52 Å². The summed E-state index contributed by atoms with van der Waals surface area (Å²) in [4.78, 5) is 12.1. The minimum Gasteiger partial charge on any atom is -0.338 e. The molecule has 0 spiro atoms. The van der Waals surface area contributed by atoms with Gasteiger partial charge in [-0.05, 0) is 31.5 Å². The van der Waals surface area contributed by atoms with E-state index in [1.54, 1.807) is 13.0 Å². The third-order valence-corrected chi connectivity index (χ3v) is 4.73. The maximum absolute atomic E-state index is 12.1. The monoisotopic (exact) mass is 353 g/mol. The number of carbonyl (C=O) groups excluding carboxylic acids is 1. The molecule has 0 atom stereocenters. The molecule has 0 unspecified atom stereocenters. The summed E-state index contributed by atoms with van der Waals surface area (Å²) in [7, 11) is 0. The molecule has 0 aliphatic heterocycles. The van der Waals surface area contributed by atoms with Crippen LogP contribution in [0.5, 0.6) is 0 Å². The molecule has 1 aromatic carbocycles. The number of para-hydroxylation sites is 1. The van der Waals surface area contributed by atoms with Crippen LogP contribution >= 0.6 is 11.8 Å². The van der Waals surface area contributed by atoms with Crippen LogP contribution in [0.15, 0.2) is 46.1 Å². The second kappa shape index (κ2) is 6.21. The average Bonchev–Trinajstić information content (AvgIpc) is 3.19. The summed E-state index contributed by atoms with van der Waals surface area (Å²) in [6, 6.07) is 11.7. The fourth-order valence-electron chi connectivity index (χ4n) is 2.69. The number of hydrogen-bond donors (Lipinski definition) is 1. The number of hydrogen-bond acceptors (Lipinski definition) is 6. The Kier molecular flexibility index (Phi) is 3.89. The minimum atomic E-state index is -0.186. The molecule has 0 radical (unpaired) electrons. The summed E-state index contributed by atoms with van der Waals surface area (Å²) in [5.74, 6) is 0.354. The van der Waals surface area contributed by atoms with E-state index in [2.05, 4.69) is 33.7 Å². The first kappa shape index (κ1) is 15.6. The van der Waals surface area contributed by atoms with Gasteiger partial charge in [-0.25, -0.2) is 0 Å². The van der Waals surface area contributed by atoms with Gasteiger partial charge in [0, 0.05) is 11.5 Å². The molecule has 126 valence electrons. The summed E-state index contributed by atoms with van der Waals surface area (Å²) in [6.07, 6.45) is 0. The van der Waals surface area contributed by atoms with Gasteiger partial charge in [0.25, 0.3) is 0 Å². The standard InChI is InChI=1S/C17H15N5O2S/c1-10-7-14-19-20-17(22(14)13-6-4-3-5-12(10)13)25-9-15(23)18-16-8-11(2)21-24-16/h3-8H,9H2,1-2H3,(H,18,23). The summed E-state index contributed by atoms with van der Waals surface area (Å²) < 4.78 is 6.96. The smallest absolute Gasteiger partial charge is 0.237 e. The molecule has 3 heterocycles. The molecule has 0 fully saturated rings. The lowest BCUT2D eigenvalue weighted by Crippen LogP contribution is -2.13. The summed E-state index contributed by atoms with van der Waals surface area (Å²) in [5.41, 5.74) is 3.65. The van der Waals surface area contributed by atoms with Gasteiger partial charge in [0.2, 0.25) is 11.8 Å². The first-order valence-corrected chi connectivity index (χ1v) is 8.70. The molecule has 7 nitrogen and oxygen atoms in total. The molecule has 3 aromatic heterocycles. The van der Waals surface area contributed by atoms with Crippen molar-refractivity contribution in [1.82, 2.24) is 19.8 Å². The largest absolute Gasteiger partial charge is 0.338 e. The van der Waals surface area contributed by atoms with E-state index in [1.165, 1.54) is 11.8 Å². The number of fused-ring (bicyclic) bond motifs is 3. The first-order chi connectivity index (χ1) is 12.1. The number of thioether (sulfide) groups is 1. The molecule has 0 aliphatic carbocycles. The Balaban J connectivity index is 1.59. The average molecular weight is 353 g/mol. The van der Waals surface area contributed by atoms with Crippen LogP contribution in [0.1, 0.15) is 11.3 Å². The zero-order valence-electron chi connectivity index (χ0n) is 13.7. The Morgan fingerprint density at radius 1 is 1.24 bits per heavy atom. The third kappa shape index (κ3) is 2.96. The number of pyridine rings is 1. The molecular weight excluding hydrogens is 338 g/mol. The number of nitrogens with zero attached hydrogens (tertiary/aromatic N) is 4. The van der Waals surface area contributed by atoms with Crippen molar-refractivity contribution in [3.8, 4) is 0 Å². The van der Waals surface area contributed by atoms with Crippen LogP contribution in [0, 0.1) is 13.8 Å². The van der Waals surface area contributed by atoms with Crippen LogP contribution in [0.2, 0.25) is 0 Å². The van der Waals surface area contributed by atoms with E-state index in [4.69, 9.17) is 4.52 Å². The highest BCUT2D eigenvalue weighted by Crippen LogP contribution is 2.25. The Bertz CT molecular complexity index is 1090. The number of aryl methyl sites for hydroxylation is 2. The van der Waals surface area contributed by atoms with Crippen LogP contribution < -0.4 is 5.32 Å². The SMILES string of the molecule is Cc1cc(NC(=O)CSc2nnc3cc(C)c4ccccc4n23)on1. The van der Waals surface area contributed by atoms with Gasteiger partial charge in [-0.15, -0.1) is 10.2 Å². The number of anilines is 1. The summed E-state index contributed by atoms with van der Waals surface area (Å²) in [5, 5.41) is 16.7. The van der Waals surface area contributed by atoms with Crippen LogP contribution in [-0.2, 0) is 4.79 Å². The van der Waals surface area contributed by atoms with Crippen LogP contribution in [0.25, 0.3) is 16.6 Å². The van der Waals surface area contributed by atoms with Gasteiger partial charge in [0.15, 0.2) is 10.8 Å². The van der Waals surface area contributed by atoms with E-state index in [-0.39, 0.29) is 11.7 Å². The zero-order chi connectivity index (χ0) is 17.4. The molecule has 1 N–H and O–H groups in total. The highest BCUT2D eigenvalue weighted by Gasteiger charge is 2.14. The van der Waals surface area contributed by atoms with Gasteiger partial charge >= 0.3 is 0 Å². The van der Waals surface area contributed by atoms with Gasteiger partial charge in [-0.1, -0.05) is 35.1 Å². The van der Waals surface area contributed by atoms with Gasteiger partial charge in [-0.3, -0.25) is 14.5 Å². The van der Waals surface area contributed by atoms with Crippen molar-refractivity contribution >= 4 is 40.1 Å². The van der Waals surface area contributed by atoms with Gasteiger partial charge in [0.05, 0.1) is 17.0 Å². The van der Waals surface area contributed by atoms with E-state index in [9.17, 15) is 4.79 Å². The fourth-order valence-corrected chi connectivity index (χ4v) is 3.45. The lowest BCUT2D eigenvalue weighted by molar-refractivity contribution is -0.113. The minimum absolute atomic E-state index is 0.186. The number of amides is 1. The lowest BCUT2D eigenvalue weighted by atomic mass is 10.1. The Morgan fingerprint density at radius 3 is 2.88 bits per heavy atom. The van der Waals surface area contributed by atoms with E-state index >= 15 is 0 Å². The van der Waals surface area contributed by atoms with Crippen molar-refractivity contribution in [2.24, 2.45) is 0 Å². The van der Waals surface area contributed by atoms with E-state index < -0.39 is 0 Å². The second-order valence-corrected chi connectivity index (χ2v) is 6.63. The molecule has 4 rings (SSSR count). The summed E-state index contributed by atoms with van der Waals surface area (Å²) >= 11 is 1.33. The maximum atomic E-state index is 12.1. The molecule has 25 heavy (non-hydrogen) atoms. The van der Waals surface area contributed by atoms with Gasteiger partial charge in [0.1, 0.15) is 0 Å². The molecule has 4 aromatic rings. The highest BCUT2D eigenvalue weighted by atomic mass is 32.2. The van der Waals surface area contributed by atoms with Crippen molar-refractivity contribution < 1.29 is 9.32 Å². The molecule has 0 saturated heterocycles. The topological polar surface area (TPSA) is 85.3 Å². The van der Waals surface area contributed by atoms with Crippen molar-refractivity contribution in [2.75, 3.05) is 11.1 Å². The summed E-state index contributed by atoms with van der Waals surface area (Å²) in [6.45, 7) is 3.85. The first-order valence-electron chi connectivity index (χ1n) is 7.71. The van der Waals surface area contributed by atoms with Crippen molar-refractivity contribution in [2.45, 2.75) is 19.0 Å². The number of aromatic nitrogens is 4. The number of benzene rings is 1. The number of rotatable bonds is 4. The van der Waals surface area contributed by atoms with Crippen LogP contribution in [-0.4, -0.2) is 31.4 Å². The molecular formula is C17H15N5O2S. The molecule has 0 aliphatic rings. The van der Waals surface area contributed by atoms with Crippen molar-refractivity contribution in [1.29, 1.82) is 0 Å². The Labute approximate surface area is 147 Å². The molecule has 0 saturated carbocycles. The maximum Gasteiger partial charge on any atom is 0.237 e. The van der Waals surface area contributed by atoms with E-state index in [0.29, 0.717) is 16.7 Å². The van der Waals surface area contributed by atoms with E-state index in [0.717, 1.165) is 22.1 Å². The van der Waals surface area contributed by atoms with E-state index in [1.807, 2.05) is 28.7 Å². The predicted octanol–water partition coefficient (Wildman–Crippen LogP) is 3.22. The van der Waals surface area contributed by atoms with Crippen molar-refractivity contribution in [3.63, 3.8) is 0 Å².